The molecule has 1 aliphatic carbocycles. The Morgan fingerprint density at radius 1 is 1.00 bits per heavy atom. The van der Waals surface area contributed by atoms with Crippen LogP contribution in [0.1, 0.15) is 11.1 Å². The van der Waals surface area contributed by atoms with E-state index in [-0.39, 0.29) is 0 Å². The zero-order valence-electron chi connectivity index (χ0n) is 10.4. The van der Waals surface area contributed by atoms with Gasteiger partial charge in [-0.2, -0.15) is 0 Å². The maximum Gasteiger partial charge on any atom is 0.197 e. The van der Waals surface area contributed by atoms with Crippen LogP contribution in [0.4, 0.5) is 5.95 Å². The number of hydrogen-bond donors (Lipinski definition) is 2. The maximum atomic E-state index is 5.63. The third kappa shape index (κ3) is 1.55. The molecule has 3 heteroatoms. The highest BCUT2D eigenvalue weighted by molar-refractivity contribution is 5.79. The average molecular weight is 247 g/mol. The van der Waals surface area contributed by atoms with Crippen molar-refractivity contribution in [1.29, 1.82) is 0 Å². The van der Waals surface area contributed by atoms with E-state index in [1.807, 2.05) is 0 Å². The summed E-state index contributed by atoms with van der Waals surface area (Å²) in [5.41, 5.74) is 13.2. The highest BCUT2D eigenvalue weighted by Gasteiger charge is 2.18. The molecule has 19 heavy (non-hydrogen) atoms. The van der Waals surface area contributed by atoms with Crippen LogP contribution in [0.5, 0.6) is 0 Å². The summed E-state index contributed by atoms with van der Waals surface area (Å²) in [6.45, 7) is 0. The fourth-order valence-electron chi connectivity index (χ4n) is 2.80. The van der Waals surface area contributed by atoms with Crippen LogP contribution in [0.25, 0.3) is 22.4 Å². The zero-order valence-corrected chi connectivity index (χ0v) is 10.4. The lowest BCUT2D eigenvalue weighted by atomic mass is 10.0. The summed E-state index contributed by atoms with van der Waals surface area (Å²) in [5.74, 6) is 0.457. The van der Waals surface area contributed by atoms with Crippen LogP contribution in [0.15, 0.2) is 48.7 Å². The highest BCUT2D eigenvalue weighted by atomic mass is 15.0. The summed E-state index contributed by atoms with van der Waals surface area (Å²) >= 11 is 0. The predicted octanol–water partition coefficient (Wildman–Crippen LogP) is 3.23. The summed E-state index contributed by atoms with van der Waals surface area (Å²) < 4.78 is 0. The van der Waals surface area contributed by atoms with E-state index in [2.05, 4.69) is 52.4 Å². The Hall–Kier alpha value is -2.55. The number of fused-ring (bicyclic) bond motifs is 3. The predicted molar refractivity (Wildman–Crippen MR) is 76.7 cm³/mol. The van der Waals surface area contributed by atoms with Crippen molar-refractivity contribution in [3.05, 3.63) is 59.8 Å². The fraction of sp³-hybridized carbons (Fsp3) is 0.0625. The van der Waals surface area contributed by atoms with Gasteiger partial charge in [-0.15, -0.1) is 0 Å². The van der Waals surface area contributed by atoms with Crippen LogP contribution in [-0.4, -0.2) is 9.97 Å². The molecule has 3 aromatic rings. The van der Waals surface area contributed by atoms with E-state index >= 15 is 0 Å². The van der Waals surface area contributed by atoms with Gasteiger partial charge in [-0.25, -0.2) is 4.98 Å². The fourth-order valence-corrected chi connectivity index (χ4v) is 2.80. The number of nitrogens with one attached hydrogen (secondary N) is 1. The molecular formula is C16H13N3. The number of nitrogens with two attached hydrogens (primary N) is 1. The highest BCUT2D eigenvalue weighted by Crippen LogP contribution is 2.38. The number of hydrogen-bond acceptors (Lipinski definition) is 2. The van der Waals surface area contributed by atoms with Crippen LogP contribution in [0.3, 0.4) is 0 Å². The maximum absolute atomic E-state index is 5.63. The molecule has 2 aromatic carbocycles. The van der Waals surface area contributed by atoms with Gasteiger partial charge in [0.05, 0.1) is 11.9 Å². The van der Waals surface area contributed by atoms with Gasteiger partial charge in [-0.1, -0.05) is 36.4 Å². The first kappa shape index (κ1) is 10.4. The van der Waals surface area contributed by atoms with Crippen LogP contribution >= 0.6 is 0 Å². The van der Waals surface area contributed by atoms with Crippen LogP contribution < -0.4 is 5.73 Å². The van der Waals surface area contributed by atoms with Gasteiger partial charge in [-0.3, -0.25) is 0 Å². The molecule has 0 bridgehead atoms. The van der Waals surface area contributed by atoms with Crippen LogP contribution in [0, 0.1) is 0 Å². The van der Waals surface area contributed by atoms with Gasteiger partial charge in [-0.05, 0) is 40.3 Å². The minimum atomic E-state index is 0.457. The van der Waals surface area contributed by atoms with Crippen molar-refractivity contribution < 1.29 is 0 Å². The van der Waals surface area contributed by atoms with Crippen molar-refractivity contribution in [2.75, 3.05) is 5.73 Å². The smallest absolute Gasteiger partial charge is 0.197 e. The summed E-state index contributed by atoms with van der Waals surface area (Å²) in [5, 5.41) is 0. The van der Waals surface area contributed by atoms with Crippen molar-refractivity contribution in [3.63, 3.8) is 0 Å². The monoisotopic (exact) mass is 247 g/mol. The molecule has 1 aliphatic rings. The Morgan fingerprint density at radius 3 is 2.68 bits per heavy atom. The topological polar surface area (TPSA) is 54.7 Å². The normalized spacial score (nSPS) is 12.2. The summed E-state index contributed by atoms with van der Waals surface area (Å²) in [7, 11) is 0. The Labute approximate surface area is 111 Å². The molecule has 3 N–H and O–H groups in total. The molecule has 0 atom stereocenters. The number of aromatic nitrogens is 2. The van der Waals surface area contributed by atoms with E-state index in [0.29, 0.717) is 5.95 Å². The van der Waals surface area contributed by atoms with E-state index in [1.54, 1.807) is 6.20 Å². The third-order valence-corrected chi connectivity index (χ3v) is 3.70. The quantitative estimate of drug-likeness (QED) is 0.542. The first-order chi connectivity index (χ1) is 9.31. The van der Waals surface area contributed by atoms with Gasteiger partial charge >= 0.3 is 0 Å². The van der Waals surface area contributed by atoms with E-state index in [4.69, 9.17) is 5.73 Å². The molecule has 0 unspecified atom stereocenters. The SMILES string of the molecule is Nc1ncc(-c2ccc3c(c2)Cc2ccccc2-3)[nH]1. The van der Waals surface area contributed by atoms with E-state index in [1.165, 1.54) is 22.3 Å². The number of nitrogens with zero attached hydrogens (tertiary/aromatic N) is 1. The number of H-pyrrole nitrogens is 1. The van der Waals surface area contributed by atoms with Gasteiger partial charge < -0.3 is 10.7 Å². The minimum Gasteiger partial charge on any atom is -0.369 e. The molecule has 0 fully saturated rings. The molecule has 0 amide bonds. The Balaban J connectivity index is 1.83. The zero-order chi connectivity index (χ0) is 12.8. The molecule has 92 valence electrons. The Morgan fingerprint density at radius 2 is 1.84 bits per heavy atom. The van der Waals surface area contributed by atoms with Gasteiger partial charge in [0.2, 0.25) is 0 Å². The van der Waals surface area contributed by atoms with E-state index < -0.39 is 0 Å². The summed E-state index contributed by atoms with van der Waals surface area (Å²) in [6, 6.07) is 15.1. The molecular weight excluding hydrogens is 234 g/mol. The standard InChI is InChI=1S/C16H13N3/c17-16-18-9-15(19-16)11-5-6-14-12(8-11)7-10-3-1-2-4-13(10)14/h1-6,8-9H,7H2,(H3,17,18,19). The van der Waals surface area contributed by atoms with E-state index in [9.17, 15) is 0 Å². The van der Waals surface area contributed by atoms with E-state index in [0.717, 1.165) is 17.7 Å². The molecule has 1 heterocycles. The number of aromatic amines is 1. The van der Waals surface area contributed by atoms with Gasteiger partial charge in [0, 0.05) is 0 Å². The summed E-state index contributed by atoms with van der Waals surface area (Å²) in [6.07, 6.45) is 2.78. The molecule has 0 aliphatic heterocycles. The van der Waals surface area contributed by atoms with Crippen molar-refractivity contribution >= 4 is 5.95 Å². The second-order valence-corrected chi connectivity index (χ2v) is 4.89. The molecule has 1 aromatic heterocycles. The van der Waals surface area contributed by atoms with Crippen molar-refractivity contribution in [2.24, 2.45) is 0 Å². The van der Waals surface area contributed by atoms with Gasteiger partial charge in [0.25, 0.3) is 0 Å². The second kappa shape index (κ2) is 3.72. The molecule has 0 spiro atoms. The molecule has 0 saturated heterocycles. The number of imidazole rings is 1. The number of nitrogen functional groups attached to an aromatic ring is 1. The Bertz CT molecular complexity index is 771. The summed E-state index contributed by atoms with van der Waals surface area (Å²) in [4.78, 5) is 7.12. The van der Waals surface area contributed by atoms with Crippen LogP contribution in [0.2, 0.25) is 0 Å². The van der Waals surface area contributed by atoms with Crippen molar-refractivity contribution in [3.8, 4) is 22.4 Å². The Kier molecular flexibility index (Phi) is 2.03. The third-order valence-electron chi connectivity index (χ3n) is 3.70. The second-order valence-electron chi connectivity index (χ2n) is 4.89. The number of benzene rings is 2. The molecule has 0 radical (unpaired) electrons. The molecule has 4 rings (SSSR count). The molecule has 0 saturated carbocycles. The lowest BCUT2D eigenvalue weighted by Gasteiger charge is -2.03. The molecule has 3 nitrogen and oxygen atoms in total. The average Bonchev–Trinajstić information content (AvgIpc) is 3.01. The number of rotatable bonds is 1. The largest absolute Gasteiger partial charge is 0.369 e. The first-order valence-corrected chi connectivity index (χ1v) is 6.33. The van der Waals surface area contributed by atoms with Gasteiger partial charge in [0.1, 0.15) is 0 Å². The number of anilines is 1. The van der Waals surface area contributed by atoms with Crippen LogP contribution in [-0.2, 0) is 6.42 Å². The van der Waals surface area contributed by atoms with Crippen molar-refractivity contribution in [1.82, 2.24) is 9.97 Å². The van der Waals surface area contributed by atoms with Crippen molar-refractivity contribution in [2.45, 2.75) is 6.42 Å². The lowest BCUT2D eigenvalue weighted by molar-refractivity contribution is 1.26. The lowest BCUT2D eigenvalue weighted by Crippen LogP contribution is -1.86. The minimum absolute atomic E-state index is 0.457. The first-order valence-electron chi connectivity index (χ1n) is 6.33. The van der Waals surface area contributed by atoms with Gasteiger partial charge in [0.15, 0.2) is 5.95 Å².